The molecule has 3 heterocycles. The highest BCUT2D eigenvalue weighted by Crippen LogP contribution is 2.67. The molecule has 42 heavy (non-hydrogen) atoms. The molecule has 2 aliphatic carbocycles. The lowest BCUT2D eigenvalue weighted by Gasteiger charge is -2.47. The van der Waals surface area contributed by atoms with Crippen LogP contribution >= 0.6 is 0 Å². The molecule has 2 bridgehead atoms. The lowest BCUT2D eigenvalue weighted by molar-refractivity contribution is -0.152. The average molecular weight is 580 g/mol. The molecule has 1 aromatic rings. The molecule has 10 atom stereocenters. The van der Waals surface area contributed by atoms with Crippen molar-refractivity contribution in [2.75, 3.05) is 0 Å². The Morgan fingerprint density at radius 1 is 0.976 bits per heavy atom. The van der Waals surface area contributed by atoms with E-state index in [-0.39, 0.29) is 47.3 Å². The number of Topliss-reactive ketones (excluding diaryl/α,β-unsaturated/α-hetero) is 2. The van der Waals surface area contributed by atoms with Gasteiger partial charge in [0.1, 0.15) is 11.5 Å². The van der Waals surface area contributed by atoms with Gasteiger partial charge >= 0.3 is 0 Å². The predicted molar refractivity (Wildman–Crippen MR) is 152 cm³/mol. The number of allylic oxidation sites excluding steroid dienone is 4. The molecule has 2 fully saturated rings. The van der Waals surface area contributed by atoms with Crippen molar-refractivity contribution in [3.63, 3.8) is 0 Å². The first-order valence-electron chi connectivity index (χ1n) is 15.1. The first-order valence-corrected chi connectivity index (χ1v) is 15.1. The smallest absolute Gasteiger partial charge is 0.235 e. The van der Waals surface area contributed by atoms with Crippen LogP contribution in [-0.2, 0) is 19.1 Å². The number of aliphatic hydroxyl groups excluding tert-OH is 1. The van der Waals surface area contributed by atoms with Gasteiger partial charge in [-0.15, -0.1) is 0 Å². The standard InChI is InChI=1S/C33H41NO8/c1-12(2)9-18-24-15(5)14(4)11-17-10-13(3)7-8-19(35)26(37)22-23(31(40)33(17,24)32(41)34-18)30-21-20(29(22)42-30)16(6)25(36)28(39)27(21)38/h10-12,15,17-19,22-24,29-30,35-36,38-39H,7-9H2,1-6H3,(H,34,41). The number of carbonyl (C=O) groups excluding carboxylic acids is 3. The fraction of sp³-hybridized carbons (Fsp3) is 0.606. The number of hydrogen-bond donors (Lipinski definition) is 5. The minimum atomic E-state index is -1.53. The highest BCUT2D eigenvalue weighted by Gasteiger charge is 2.71. The van der Waals surface area contributed by atoms with Gasteiger partial charge in [0.2, 0.25) is 11.7 Å². The molecule has 226 valence electrons. The number of rotatable bonds is 2. The number of nitrogens with one attached hydrogen (secondary N) is 1. The third-order valence-corrected chi connectivity index (χ3v) is 10.9. The minimum absolute atomic E-state index is 0.102. The second-order valence-electron chi connectivity index (χ2n) is 13.7. The lowest BCUT2D eigenvalue weighted by Crippen LogP contribution is -2.56. The lowest BCUT2D eigenvalue weighted by atomic mass is 9.51. The van der Waals surface area contributed by atoms with Crippen molar-refractivity contribution >= 4 is 17.5 Å². The highest BCUT2D eigenvalue weighted by atomic mass is 16.5. The van der Waals surface area contributed by atoms with Gasteiger partial charge in [-0.1, -0.05) is 44.1 Å². The molecule has 9 nitrogen and oxygen atoms in total. The Hall–Kier alpha value is -3.17. The van der Waals surface area contributed by atoms with E-state index < -0.39 is 70.3 Å². The maximum Gasteiger partial charge on any atom is 0.235 e. The van der Waals surface area contributed by atoms with Crippen LogP contribution in [0, 0.1) is 47.8 Å². The summed E-state index contributed by atoms with van der Waals surface area (Å²) in [5, 5.41) is 46.3. The molecule has 5 N–H and O–H groups in total. The number of aromatic hydroxyl groups is 3. The summed E-state index contributed by atoms with van der Waals surface area (Å²) < 4.78 is 6.30. The first-order chi connectivity index (χ1) is 19.7. The number of benzene rings is 1. The quantitative estimate of drug-likeness (QED) is 0.200. The van der Waals surface area contributed by atoms with E-state index in [1.54, 1.807) is 6.92 Å². The Morgan fingerprint density at radius 3 is 2.31 bits per heavy atom. The van der Waals surface area contributed by atoms with Crippen LogP contribution < -0.4 is 5.32 Å². The molecule has 0 saturated carbocycles. The Kier molecular flexibility index (Phi) is 6.66. The van der Waals surface area contributed by atoms with E-state index in [2.05, 4.69) is 19.2 Å². The van der Waals surface area contributed by atoms with E-state index in [0.717, 1.165) is 11.1 Å². The van der Waals surface area contributed by atoms with Crippen molar-refractivity contribution < 1.29 is 39.5 Å². The molecule has 6 rings (SSSR count). The number of aliphatic hydroxyl groups is 1. The van der Waals surface area contributed by atoms with E-state index in [1.807, 2.05) is 32.9 Å². The Morgan fingerprint density at radius 2 is 1.64 bits per heavy atom. The second kappa shape index (κ2) is 9.67. The zero-order valence-corrected chi connectivity index (χ0v) is 25.0. The third-order valence-electron chi connectivity index (χ3n) is 10.9. The van der Waals surface area contributed by atoms with E-state index in [9.17, 15) is 30.0 Å². The Balaban J connectivity index is 1.62. The van der Waals surface area contributed by atoms with Crippen molar-refractivity contribution in [2.24, 2.45) is 40.9 Å². The average Bonchev–Trinajstić information content (AvgIpc) is 3.58. The molecule has 5 aliphatic rings. The van der Waals surface area contributed by atoms with Gasteiger partial charge in [0.25, 0.3) is 0 Å². The predicted octanol–water partition coefficient (Wildman–Crippen LogP) is 4.07. The summed E-state index contributed by atoms with van der Waals surface area (Å²) in [5.74, 6) is -6.31. The van der Waals surface area contributed by atoms with Crippen molar-refractivity contribution in [3.05, 3.63) is 40.0 Å². The number of hydrogen-bond acceptors (Lipinski definition) is 8. The van der Waals surface area contributed by atoms with Crippen LogP contribution in [0.4, 0.5) is 0 Å². The van der Waals surface area contributed by atoms with Gasteiger partial charge in [0.05, 0.1) is 24.0 Å². The van der Waals surface area contributed by atoms with Gasteiger partial charge in [-0.3, -0.25) is 14.4 Å². The normalized spacial score (nSPS) is 39.1. The summed E-state index contributed by atoms with van der Waals surface area (Å²) >= 11 is 0. The van der Waals surface area contributed by atoms with Gasteiger partial charge in [-0.2, -0.15) is 0 Å². The molecular weight excluding hydrogens is 538 g/mol. The van der Waals surface area contributed by atoms with E-state index in [1.165, 1.54) is 0 Å². The zero-order valence-electron chi connectivity index (χ0n) is 25.0. The van der Waals surface area contributed by atoms with Crippen molar-refractivity contribution in [1.29, 1.82) is 0 Å². The topological polar surface area (TPSA) is 153 Å². The molecule has 1 aromatic carbocycles. The summed E-state index contributed by atoms with van der Waals surface area (Å²) in [6.07, 6.45) is 1.69. The monoisotopic (exact) mass is 579 g/mol. The number of fused-ring (bicyclic) bond motifs is 8. The number of phenolic OH excluding ortho intramolecular Hbond substituents is 3. The summed E-state index contributed by atoms with van der Waals surface area (Å²) in [5.41, 5.74) is 1.18. The zero-order chi connectivity index (χ0) is 30.6. The Bertz CT molecular complexity index is 1460. The van der Waals surface area contributed by atoms with E-state index in [4.69, 9.17) is 4.74 Å². The molecular formula is C33H41NO8. The molecule has 0 aromatic heterocycles. The molecule has 10 unspecified atom stereocenters. The van der Waals surface area contributed by atoms with Gasteiger partial charge < -0.3 is 30.5 Å². The summed E-state index contributed by atoms with van der Waals surface area (Å²) in [6.45, 7) is 11.7. The van der Waals surface area contributed by atoms with Crippen molar-refractivity contribution in [2.45, 2.75) is 85.2 Å². The van der Waals surface area contributed by atoms with Crippen LogP contribution in [0.2, 0.25) is 0 Å². The number of ether oxygens (including phenoxy) is 1. The van der Waals surface area contributed by atoms with E-state index >= 15 is 4.79 Å². The maximum absolute atomic E-state index is 15.4. The minimum Gasteiger partial charge on any atom is -0.504 e. The summed E-state index contributed by atoms with van der Waals surface area (Å²) in [7, 11) is 0. The van der Waals surface area contributed by atoms with Crippen molar-refractivity contribution in [3.8, 4) is 17.2 Å². The Labute approximate surface area is 245 Å². The number of amides is 1. The highest BCUT2D eigenvalue weighted by molar-refractivity contribution is 6.12. The van der Waals surface area contributed by atoms with Crippen LogP contribution in [0.1, 0.15) is 82.8 Å². The molecule has 3 aliphatic heterocycles. The maximum atomic E-state index is 15.4. The van der Waals surface area contributed by atoms with Crippen LogP contribution in [0.5, 0.6) is 17.2 Å². The van der Waals surface area contributed by atoms with Gasteiger partial charge in [-0.25, -0.2) is 0 Å². The number of carbonyl (C=O) groups is 3. The van der Waals surface area contributed by atoms with Crippen LogP contribution in [-0.4, -0.2) is 50.0 Å². The summed E-state index contributed by atoms with van der Waals surface area (Å²) in [4.78, 5) is 43.8. The fourth-order valence-electron chi connectivity index (χ4n) is 8.90. The third kappa shape index (κ3) is 3.65. The van der Waals surface area contributed by atoms with Gasteiger partial charge in [-0.05, 0) is 57.4 Å². The van der Waals surface area contributed by atoms with Crippen LogP contribution in [0.3, 0.4) is 0 Å². The molecule has 9 heteroatoms. The largest absolute Gasteiger partial charge is 0.504 e. The molecule has 2 saturated heterocycles. The summed E-state index contributed by atoms with van der Waals surface area (Å²) in [6, 6.07) is -0.260. The van der Waals surface area contributed by atoms with Gasteiger partial charge in [0.15, 0.2) is 23.1 Å². The number of phenols is 3. The second-order valence-corrected chi connectivity index (χ2v) is 13.7. The molecule has 1 amide bonds. The first kappa shape index (κ1) is 28.9. The van der Waals surface area contributed by atoms with Gasteiger partial charge in [0, 0.05) is 29.0 Å². The van der Waals surface area contributed by atoms with Crippen LogP contribution in [0.15, 0.2) is 23.3 Å². The SMILES string of the molecule is CC1=CC2C=C(C)C(C)C3C(CC(C)C)NC(=O)C23C(=O)C2C3OC(c4c(C)c(O)c(O)c(O)c43)C2C(=O)C(O)CC1. The fourth-order valence-corrected chi connectivity index (χ4v) is 8.90. The van der Waals surface area contributed by atoms with Crippen molar-refractivity contribution in [1.82, 2.24) is 5.32 Å². The number of ketones is 2. The van der Waals surface area contributed by atoms with Crippen LogP contribution in [0.25, 0.3) is 0 Å². The van der Waals surface area contributed by atoms with E-state index in [0.29, 0.717) is 18.4 Å². The molecule has 1 spiro atoms. The molecule has 0 radical (unpaired) electrons.